The summed E-state index contributed by atoms with van der Waals surface area (Å²) in [6.07, 6.45) is -1.85. The molecule has 1 heterocycles. The molecule has 38 heavy (non-hydrogen) atoms. The summed E-state index contributed by atoms with van der Waals surface area (Å²) in [4.78, 5) is 27.2. The third kappa shape index (κ3) is 6.73. The van der Waals surface area contributed by atoms with Crippen LogP contribution in [0.4, 0.5) is 13.2 Å². The number of halogens is 3. The number of hydrogen-bond donors (Lipinski definition) is 3. The highest BCUT2D eigenvalue weighted by molar-refractivity contribution is 5.96. The minimum Gasteiger partial charge on any atom is -0.385 e. The summed E-state index contributed by atoms with van der Waals surface area (Å²) in [5.74, 6) is -1.20. The molecule has 3 N–H and O–H groups in total. The van der Waals surface area contributed by atoms with E-state index in [1.165, 1.54) is 6.07 Å². The molecule has 2 aliphatic rings. The zero-order valence-corrected chi connectivity index (χ0v) is 21.3. The molecule has 0 bridgehead atoms. The molecule has 1 aliphatic carbocycles. The van der Waals surface area contributed by atoms with E-state index in [9.17, 15) is 27.9 Å². The number of alkyl halides is 3. The van der Waals surface area contributed by atoms with Crippen molar-refractivity contribution in [1.29, 1.82) is 0 Å². The van der Waals surface area contributed by atoms with Gasteiger partial charge in [0.15, 0.2) is 0 Å². The van der Waals surface area contributed by atoms with Crippen molar-refractivity contribution >= 4 is 11.8 Å². The Balaban J connectivity index is 1.30. The van der Waals surface area contributed by atoms with Crippen LogP contribution in [0.15, 0.2) is 54.6 Å². The number of rotatable bonds is 8. The molecule has 4 rings (SSSR count). The van der Waals surface area contributed by atoms with E-state index in [0.717, 1.165) is 36.6 Å². The molecule has 2 amide bonds. The van der Waals surface area contributed by atoms with Gasteiger partial charge in [-0.15, -0.1) is 0 Å². The van der Waals surface area contributed by atoms with Gasteiger partial charge in [0.2, 0.25) is 5.91 Å². The monoisotopic (exact) mass is 533 g/mol. The number of likely N-dealkylation sites (tertiary alicyclic amines) is 1. The molecular weight excluding hydrogens is 499 g/mol. The summed E-state index contributed by atoms with van der Waals surface area (Å²) < 4.78 is 44.7. The quantitative estimate of drug-likeness (QED) is 0.484. The molecule has 0 unspecified atom stereocenters. The van der Waals surface area contributed by atoms with Crippen LogP contribution in [0.3, 0.4) is 0 Å². The average molecular weight is 534 g/mol. The predicted molar refractivity (Wildman–Crippen MR) is 135 cm³/mol. The maximum Gasteiger partial charge on any atom is 0.416 e. The maximum absolute atomic E-state index is 12.9. The van der Waals surface area contributed by atoms with Crippen molar-refractivity contribution in [1.82, 2.24) is 15.5 Å². The lowest BCUT2D eigenvalue weighted by Gasteiger charge is -2.40. The van der Waals surface area contributed by atoms with Crippen LogP contribution in [0, 0.1) is 0 Å². The van der Waals surface area contributed by atoms with Crippen molar-refractivity contribution < 1.29 is 32.6 Å². The standard InChI is InChI=1S/C28H34F3N3O4/c1-2-38-24-18-34(22-11-13-27(37,14-12-22)20-8-4-3-5-9-20)17-23(24)33-25(35)16-32-26(36)19-7-6-10-21(15-19)28(29,30)31/h3-10,15,22-24,37H,2,11-14,16-18H2,1H3,(H,32,36)(H,33,35)/t22?,23-,24+,27?/m0/s1. The van der Waals surface area contributed by atoms with Gasteiger partial charge in [0.25, 0.3) is 5.91 Å². The highest BCUT2D eigenvalue weighted by atomic mass is 19.4. The van der Waals surface area contributed by atoms with E-state index in [1.807, 2.05) is 37.3 Å². The highest BCUT2D eigenvalue weighted by Gasteiger charge is 2.42. The van der Waals surface area contributed by atoms with Crippen LogP contribution < -0.4 is 10.6 Å². The maximum atomic E-state index is 12.9. The molecule has 0 radical (unpaired) electrons. The zero-order chi connectivity index (χ0) is 27.3. The van der Waals surface area contributed by atoms with Gasteiger partial charge in [-0.1, -0.05) is 36.4 Å². The molecule has 2 atom stereocenters. The molecule has 2 aromatic carbocycles. The van der Waals surface area contributed by atoms with Gasteiger partial charge in [-0.05, 0) is 56.4 Å². The van der Waals surface area contributed by atoms with Crippen molar-refractivity contribution in [3.8, 4) is 0 Å². The predicted octanol–water partition coefficient (Wildman–Crippen LogP) is 3.47. The van der Waals surface area contributed by atoms with Gasteiger partial charge < -0.3 is 20.5 Å². The molecule has 0 spiro atoms. The Morgan fingerprint density at radius 3 is 2.45 bits per heavy atom. The highest BCUT2D eigenvalue weighted by Crippen LogP contribution is 2.39. The summed E-state index contributed by atoms with van der Waals surface area (Å²) in [5, 5.41) is 16.5. The van der Waals surface area contributed by atoms with Crippen LogP contribution in [0.2, 0.25) is 0 Å². The largest absolute Gasteiger partial charge is 0.416 e. The normalized spacial score (nSPS) is 26.2. The zero-order valence-electron chi connectivity index (χ0n) is 21.3. The fourth-order valence-corrected chi connectivity index (χ4v) is 5.46. The minimum absolute atomic E-state index is 0.167. The van der Waals surface area contributed by atoms with Crippen LogP contribution in [0.1, 0.15) is 54.1 Å². The van der Waals surface area contributed by atoms with Gasteiger partial charge >= 0.3 is 6.18 Å². The molecule has 0 aromatic heterocycles. The first kappa shape index (κ1) is 28.1. The number of nitrogens with one attached hydrogen (secondary N) is 2. The summed E-state index contributed by atoms with van der Waals surface area (Å²) in [7, 11) is 0. The van der Waals surface area contributed by atoms with E-state index in [0.29, 0.717) is 32.5 Å². The van der Waals surface area contributed by atoms with Gasteiger partial charge in [0.05, 0.1) is 29.9 Å². The Labute approximate surface area is 220 Å². The summed E-state index contributed by atoms with van der Waals surface area (Å²) in [6, 6.07) is 13.7. The molecule has 206 valence electrons. The molecule has 1 saturated carbocycles. The van der Waals surface area contributed by atoms with E-state index >= 15 is 0 Å². The first-order chi connectivity index (χ1) is 18.1. The van der Waals surface area contributed by atoms with Crippen LogP contribution in [0.5, 0.6) is 0 Å². The molecule has 1 saturated heterocycles. The fraction of sp³-hybridized carbons (Fsp3) is 0.500. The molecule has 2 fully saturated rings. The van der Waals surface area contributed by atoms with E-state index in [4.69, 9.17) is 4.74 Å². The van der Waals surface area contributed by atoms with Crippen molar-refractivity contribution in [2.75, 3.05) is 26.2 Å². The molecule has 7 nitrogen and oxygen atoms in total. The number of nitrogens with zero attached hydrogens (tertiary/aromatic N) is 1. The van der Waals surface area contributed by atoms with Gasteiger partial charge in [-0.2, -0.15) is 13.2 Å². The fourth-order valence-electron chi connectivity index (χ4n) is 5.46. The summed E-state index contributed by atoms with van der Waals surface area (Å²) >= 11 is 0. The number of carbonyl (C=O) groups excluding carboxylic acids is 2. The molecule has 10 heteroatoms. The van der Waals surface area contributed by atoms with Crippen LogP contribution in [0.25, 0.3) is 0 Å². The minimum atomic E-state index is -4.56. The Kier molecular flexibility index (Phi) is 8.74. The van der Waals surface area contributed by atoms with E-state index in [2.05, 4.69) is 15.5 Å². The summed E-state index contributed by atoms with van der Waals surface area (Å²) in [6.45, 7) is 3.22. The van der Waals surface area contributed by atoms with E-state index in [1.54, 1.807) is 0 Å². The van der Waals surface area contributed by atoms with Crippen LogP contribution in [-0.4, -0.2) is 66.2 Å². The Hall–Kier alpha value is -2.95. The van der Waals surface area contributed by atoms with Crippen LogP contribution in [-0.2, 0) is 21.3 Å². The first-order valence-corrected chi connectivity index (χ1v) is 13.0. The van der Waals surface area contributed by atoms with Crippen molar-refractivity contribution in [2.45, 2.75) is 62.6 Å². The second-order valence-electron chi connectivity index (χ2n) is 10.0. The first-order valence-electron chi connectivity index (χ1n) is 13.0. The second-order valence-corrected chi connectivity index (χ2v) is 10.0. The number of benzene rings is 2. The van der Waals surface area contributed by atoms with Gasteiger partial charge in [0.1, 0.15) is 0 Å². The number of amides is 2. The Morgan fingerprint density at radius 2 is 1.79 bits per heavy atom. The van der Waals surface area contributed by atoms with Gasteiger partial charge in [0, 0.05) is 31.3 Å². The third-order valence-corrected chi connectivity index (χ3v) is 7.49. The summed E-state index contributed by atoms with van der Waals surface area (Å²) in [5.41, 5.74) is -0.989. The second kappa shape index (κ2) is 11.8. The smallest absolute Gasteiger partial charge is 0.385 e. The number of hydrogen-bond acceptors (Lipinski definition) is 5. The topological polar surface area (TPSA) is 90.9 Å². The Morgan fingerprint density at radius 1 is 1.08 bits per heavy atom. The van der Waals surface area contributed by atoms with E-state index in [-0.39, 0.29) is 30.3 Å². The number of carbonyl (C=O) groups is 2. The van der Waals surface area contributed by atoms with Crippen LogP contribution >= 0.6 is 0 Å². The van der Waals surface area contributed by atoms with Gasteiger partial charge in [-0.3, -0.25) is 14.5 Å². The van der Waals surface area contributed by atoms with Gasteiger partial charge in [-0.25, -0.2) is 0 Å². The number of ether oxygens (including phenoxy) is 1. The van der Waals surface area contributed by atoms with Crippen molar-refractivity contribution in [3.05, 3.63) is 71.3 Å². The number of aliphatic hydroxyl groups is 1. The van der Waals surface area contributed by atoms with Crippen molar-refractivity contribution in [2.24, 2.45) is 0 Å². The Bertz CT molecular complexity index is 1100. The average Bonchev–Trinajstić information content (AvgIpc) is 3.30. The van der Waals surface area contributed by atoms with Crippen molar-refractivity contribution in [3.63, 3.8) is 0 Å². The van der Waals surface area contributed by atoms with E-state index < -0.39 is 29.2 Å². The lowest BCUT2D eigenvalue weighted by molar-refractivity contribution is -0.137. The lowest BCUT2D eigenvalue weighted by atomic mass is 9.77. The molecule has 1 aliphatic heterocycles. The third-order valence-electron chi connectivity index (χ3n) is 7.49. The SMILES string of the molecule is CCO[C@@H]1CN(C2CCC(O)(c3ccccc3)CC2)C[C@@H]1NC(=O)CNC(=O)c1cccc(C(F)(F)F)c1. The molecule has 2 aromatic rings. The molecular formula is C28H34F3N3O4. The lowest BCUT2D eigenvalue weighted by Crippen LogP contribution is -2.48.